The molecule has 2 amide bonds. The third-order valence-electron chi connectivity index (χ3n) is 6.26. The Hall–Kier alpha value is -3.60. The maximum atomic E-state index is 13.1. The van der Waals surface area contributed by atoms with Crippen molar-refractivity contribution in [3.63, 3.8) is 0 Å². The molecule has 0 unspecified atom stereocenters. The van der Waals surface area contributed by atoms with Gasteiger partial charge in [0.05, 0.1) is 32.0 Å². The van der Waals surface area contributed by atoms with E-state index in [9.17, 15) is 18.4 Å². The van der Waals surface area contributed by atoms with E-state index in [1.807, 2.05) is 0 Å². The van der Waals surface area contributed by atoms with Crippen LogP contribution >= 0.6 is 34.8 Å². The Kier molecular flexibility index (Phi) is 11.2. The fourth-order valence-electron chi connectivity index (χ4n) is 3.82. The molecule has 1 heterocycles. The number of pyridine rings is 1. The molecule has 1 aromatic heterocycles. The molecule has 0 radical (unpaired) electrons. The van der Waals surface area contributed by atoms with Crippen molar-refractivity contribution in [1.29, 1.82) is 0 Å². The molecule has 0 fully saturated rings. The Morgan fingerprint density at radius 2 is 1.79 bits per heavy atom. The van der Waals surface area contributed by atoms with Crippen molar-refractivity contribution >= 4 is 63.7 Å². The summed E-state index contributed by atoms with van der Waals surface area (Å²) >= 11 is 19.2. The lowest BCUT2D eigenvalue weighted by Crippen LogP contribution is -2.34. The first-order valence-electron chi connectivity index (χ1n) is 13.0. The van der Waals surface area contributed by atoms with Gasteiger partial charge in [-0.05, 0) is 36.2 Å². The highest BCUT2D eigenvalue weighted by Gasteiger charge is 2.23. The van der Waals surface area contributed by atoms with E-state index in [4.69, 9.17) is 39.5 Å². The predicted molar refractivity (Wildman–Crippen MR) is 169 cm³/mol. The molecule has 0 aliphatic carbocycles. The van der Waals surface area contributed by atoms with E-state index in [0.717, 1.165) is 0 Å². The number of aryl methyl sites for hydroxylation is 1. The molecule has 3 aromatic rings. The molecule has 43 heavy (non-hydrogen) atoms. The van der Waals surface area contributed by atoms with E-state index in [0.29, 0.717) is 39.0 Å². The number of hydrogen-bond acceptors (Lipinski definition) is 6. The smallest absolute Gasteiger partial charge is 0.272 e. The van der Waals surface area contributed by atoms with E-state index in [2.05, 4.69) is 27.5 Å². The fraction of sp³-hybridized carbons (Fsp3) is 0.300. The number of nitrogens with zero attached hydrogens (tertiary/aromatic N) is 2. The van der Waals surface area contributed by atoms with Crippen LogP contribution in [0.5, 0.6) is 5.75 Å². The number of carbonyl (C=O) groups is 2. The average Bonchev–Trinajstić information content (AvgIpc) is 2.93. The molecule has 0 aliphatic heterocycles. The van der Waals surface area contributed by atoms with Crippen LogP contribution in [0.2, 0.25) is 15.1 Å². The molecular formula is C30H32Cl3F2N5O3. The van der Waals surface area contributed by atoms with E-state index in [-0.39, 0.29) is 33.8 Å². The van der Waals surface area contributed by atoms with Gasteiger partial charge in [-0.25, -0.2) is 8.78 Å². The zero-order valence-corrected chi connectivity index (χ0v) is 26.5. The van der Waals surface area contributed by atoms with Crippen molar-refractivity contribution in [2.45, 2.75) is 40.7 Å². The highest BCUT2D eigenvalue weighted by Crippen LogP contribution is 2.37. The number of ether oxygens (including phenoxy) is 1. The van der Waals surface area contributed by atoms with Gasteiger partial charge in [-0.3, -0.25) is 14.6 Å². The van der Waals surface area contributed by atoms with Gasteiger partial charge >= 0.3 is 0 Å². The van der Waals surface area contributed by atoms with Crippen LogP contribution in [0.3, 0.4) is 0 Å². The van der Waals surface area contributed by atoms with Gasteiger partial charge in [-0.2, -0.15) is 0 Å². The quantitative estimate of drug-likeness (QED) is 0.194. The summed E-state index contributed by atoms with van der Waals surface area (Å²) in [5.74, 6) is -0.502. The summed E-state index contributed by atoms with van der Waals surface area (Å²) in [5, 5.41) is 9.42. The number of aromatic nitrogens is 1. The third kappa shape index (κ3) is 8.72. The Bertz CT molecular complexity index is 1530. The summed E-state index contributed by atoms with van der Waals surface area (Å²) < 4.78 is 31.5. The average molecular weight is 655 g/mol. The van der Waals surface area contributed by atoms with Crippen molar-refractivity contribution in [2.24, 2.45) is 5.41 Å². The molecule has 0 atom stereocenters. The van der Waals surface area contributed by atoms with Crippen LogP contribution in [0.15, 0.2) is 55.1 Å². The van der Waals surface area contributed by atoms with Crippen LogP contribution in [0.1, 0.15) is 42.3 Å². The second kappa shape index (κ2) is 14.2. The van der Waals surface area contributed by atoms with Crippen molar-refractivity contribution in [2.75, 3.05) is 29.2 Å². The predicted octanol–water partition coefficient (Wildman–Crippen LogP) is 7.93. The SMILES string of the molecule is C=C(Nc1c(Cl)ccc(CNC(=O)C(C)(C)C)c1Cl)N(C)c1cc(OCC(F)F)c(C(=O)Nc2ccncc2Cl)cc1C. The first-order valence-corrected chi connectivity index (χ1v) is 14.1. The van der Waals surface area contributed by atoms with Crippen LogP contribution < -0.4 is 25.6 Å². The lowest BCUT2D eigenvalue weighted by molar-refractivity contribution is -0.128. The lowest BCUT2D eigenvalue weighted by Gasteiger charge is -2.27. The van der Waals surface area contributed by atoms with Gasteiger partial charge in [0.2, 0.25) is 5.91 Å². The topological polar surface area (TPSA) is 95.6 Å². The molecule has 0 spiro atoms. The normalized spacial score (nSPS) is 11.2. The first-order chi connectivity index (χ1) is 20.1. The molecule has 3 N–H and O–H groups in total. The maximum absolute atomic E-state index is 13.1. The van der Waals surface area contributed by atoms with E-state index in [1.165, 1.54) is 30.6 Å². The van der Waals surface area contributed by atoms with Gasteiger partial charge < -0.3 is 25.6 Å². The Morgan fingerprint density at radius 1 is 1.09 bits per heavy atom. The number of anilines is 3. The van der Waals surface area contributed by atoms with E-state index in [1.54, 1.807) is 51.8 Å². The van der Waals surface area contributed by atoms with Crippen LogP contribution in [0.4, 0.5) is 25.8 Å². The second-order valence-electron chi connectivity index (χ2n) is 10.6. The van der Waals surface area contributed by atoms with Crippen LogP contribution in [0, 0.1) is 12.3 Å². The van der Waals surface area contributed by atoms with Gasteiger partial charge in [0, 0.05) is 43.2 Å². The Morgan fingerprint density at radius 3 is 2.42 bits per heavy atom. The first kappa shape index (κ1) is 33.9. The summed E-state index contributed by atoms with van der Waals surface area (Å²) in [6.07, 6.45) is 0.0476. The number of alkyl halides is 2. The third-order valence-corrected chi connectivity index (χ3v) is 7.30. The summed E-state index contributed by atoms with van der Waals surface area (Å²) in [5.41, 5.74) is 1.85. The molecule has 0 bridgehead atoms. The van der Waals surface area contributed by atoms with E-state index >= 15 is 0 Å². The van der Waals surface area contributed by atoms with Crippen LogP contribution in [-0.2, 0) is 11.3 Å². The number of amides is 2. The highest BCUT2D eigenvalue weighted by molar-refractivity contribution is 6.39. The zero-order chi connectivity index (χ0) is 32.1. The lowest BCUT2D eigenvalue weighted by atomic mass is 9.95. The molecule has 8 nitrogen and oxygen atoms in total. The monoisotopic (exact) mass is 653 g/mol. The summed E-state index contributed by atoms with van der Waals surface area (Å²) in [6.45, 7) is 10.5. The number of benzene rings is 2. The second-order valence-corrected chi connectivity index (χ2v) is 11.8. The number of halogens is 5. The number of rotatable bonds is 11. The molecule has 0 saturated heterocycles. The van der Waals surface area contributed by atoms with Crippen molar-refractivity contribution in [3.05, 3.63) is 86.9 Å². The minimum Gasteiger partial charge on any atom is -0.487 e. The molecule has 2 aromatic carbocycles. The van der Waals surface area contributed by atoms with Crippen molar-refractivity contribution < 1.29 is 23.1 Å². The highest BCUT2D eigenvalue weighted by atomic mass is 35.5. The molecule has 13 heteroatoms. The standard InChI is InChI=1S/C30H32Cl3F2N5O3/c1-16-11-19(28(41)39-22-9-10-36-14-21(22)32)24(43-15-25(34)35)12-23(16)40(6)17(2)38-27-20(31)8-7-18(26(27)33)13-37-29(42)30(3,4)5/h7-12,14,25,38H,2,13,15H2,1,3-6H3,(H,37,42)(H,36,39,41). The van der Waals surface area contributed by atoms with Crippen molar-refractivity contribution in [3.8, 4) is 5.75 Å². The molecule has 3 rings (SSSR count). The summed E-state index contributed by atoms with van der Waals surface area (Å²) in [4.78, 5) is 31.0. The Labute approximate surface area is 264 Å². The zero-order valence-electron chi connectivity index (χ0n) is 24.2. The summed E-state index contributed by atoms with van der Waals surface area (Å²) in [7, 11) is 1.68. The Balaban J connectivity index is 1.89. The number of nitrogens with one attached hydrogen (secondary N) is 3. The van der Waals surface area contributed by atoms with Gasteiger partial charge in [0.1, 0.15) is 18.2 Å². The minimum absolute atomic E-state index is 0.0258. The largest absolute Gasteiger partial charge is 0.487 e. The number of hydrogen-bond donors (Lipinski definition) is 3. The maximum Gasteiger partial charge on any atom is 0.272 e. The van der Waals surface area contributed by atoms with Crippen LogP contribution in [-0.4, -0.2) is 36.9 Å². The van der Waals surface area contributed by atoms with Gasteiger partial charge in [-0.15, -0.1) is 0 Å². The van der Waals surface area contributed by atoms with Gasteiger partial charge in [-0.1, -0.05) is 68.2 Å². The van der Waals surface area contributed by atoms with E-state index < -0.39 is 24.4 Å². The van der Waals surface area contributed by atoms with Crippen LogP contribution in [0.25, 0.3) is 0 Å². The van der Waals surface area contributed by atoms with Gasteiger partial charge in [0.15, 0.2) is 0 Å². The number of carbonyl (C=O) groups excluding carboxylic acids is 2. The molecular weight excluding hydrogens is 623 g/mol. The fourth-order valence-corrected chi connectivity index (χ4v) is 4.51. The summed E-state index contributed by atoms with van der Waals surface area (Å²) in [6, 6.07) is 7.85. The molecule has 0 aliphatic rings. The van der Waals surface area contributed by atoms with Crippen molar-refractivity contribution in [1.82, 2.24) is 10.3 Å². The minimum atomic E-state index is -2.77. The van der Waals surface area contributed by atoms with Gasteiger partial charge in [0.25, 0.3) is 12.3 Å². The molecule has 230 valence electrons. The molecule has 0 saturated carbocycles.